The summed E-state index contributed by atoms with van der Waals surface area (Å²) in [5.41, 5.74) is 7.96. The summed E-state index contributed by atoms with van der Waals surface area (Å²) in [6.07, 6.45) is 2.69. The fourth-order valence-electron chi connectivity index (χ4n) is 2.56. The lowest BCUT2D eigenvalue weighted by Gasteiger charge is -2.20. The van der Waals surface area contributed by atoms with Gasteiger partial charge >= 0.3 is 0 Å². The minimum Gasteiger partial charge on any atom is -0.390 e. The van der Waals surface area contributed by atoms with E-state index in [1.807, 2.05) is 24.3 Å². The fourth-order valence-corrected chi connectivity index (χ4v) is 2.56. The van der Waals surface area contributed by atoms with Gasteiger partial charge in [-0.2, -0.15) is 0 Å². The molecule has 4 nitrogen and oxygen atoms in total. The highest BCUT2D eigenvalue weighted by Gasteiger charge is 2.32. The van der Waals surface area contributed by atoms with Gasteiger partial charge in [0.2, 0.25) is 5.91 Å². The van der Waals surface area contributed by atoms with Gasteiger partial charge in [-0.05, 0) is 17.5 Å². The lowest BCUT2D eigenvalue weighted by Crippen LogP contribution is -2.44. The van der Waals surface area contributed by atoms with Crippen LogP contribution in [0.3, 0.4) is 0 Å². The van der Waals surface area contributed by atoms with E-state index in [0.717, 1.165) is 24.0 Å². The van der Waals surface area contributed by atoms with Crippen molar-refractivity contribution in [1.82, 2.24) is 5.32 Å². The Morgan fingerprint density at radius 1 is 1.53 bits per heavy atom. The monoisotopic (exact) mass is 262 g/mol. The fraction of sp³-hybridized carbons (Fsp3) is 0.533. The zero-order valence-electron chi connectivity index (χ0n) is 11.3. The van der Waals surface area contributed by atoms with E-state index >= 15 is 0 Å². The molecule has 1 aromatic carbocycles. The van der Waals surface area contributed by atoms with Crippen LogP contribution in [-0.4, -0.2) is 23.2 Å². The van der Waals surface area contributed by atoms with Crippen molar-refractivity contribution in [3.05, 3.63) is 35.4 Å². The Bertz CT molecular complexity index is 448. The van der Waals surface area contributed by atoms with Gasteiger partial charge in [-0.25, -0.2) is 0 Å². The molecule has 1 aliphatic carbocycles. The number of fused-ring (bicyclic) bond motifs is 1. The largest absolute Gasteiger partial charge is 0.390 e. The molecule has 104 valence electrons. The Hall–Kier alpha value is -1.39. The first-order valence-corrected chi connectivity index (χ1v) is 6.95. The number of hydrogen-bond acceptors (Lipinski definition) is 3. The summed E-state index contributed by atoms with van der Waals surface area (Å²) in [5.74, 6) is -0.172. The molecular formula is C15H22N2O2. The predicted octanol–water partition coefficient (Wildman–Crippen LogP) is 1.28. The Labute approximate surface area is 114 Å². The molecule has 0 aromatic heterocycles. The van der Waals surface area contributed by atoms with Gasteiger partial charge in [0.1, 0.15) is 0 Å². The van der Waals surface area contributed by atoms with Crippen LogP contribution in [0.25, 0.3) is 0 Å². The maximum absolute atomic E-state index is 12.0. The number of carbonyl (C=O) groups excluding carboxylic acids is 1. The Kier molecular flexibility index (Phi) is 4.56. The van der Waals surface area contributed by atoms with Crippen LogP contribution >= 0.6 is 0 Å². The highest BCUT2D eigenvalue weighted by Crippen LogP contribution is 2.31. The van der Waals surface area contributed by atoms with E-state index in [9.17, 15) is 9.90 Å². The summed E-state index contributed by atoms with van der Waals surface area (Å²) < 4.78 is 0. The van der Waals surface area contributed by atoms with E-state index in [-0.39, 0.29) is 11.9 Å². The van der Waals surface area contributed by atoms with Gasteiger partial charge in [0, 0.05) is 6.42 Å². The summed E-state index contributed by atoms with van der Waals surface area (Å²) in [6, 6.07) is 7.00. The van der Waals surface area contributed by atoms with Crippen molar-refractivity contribution >= 4 is 5.91 Å². The first-order chi connectivity index (χ1) is 9.13. The van der Waals surface area contributed by atoms with Crippen LogP contribution in [0.4, 0.5) is 0 Å². The molecule has 0 bridgehead atoms. The van der Waals surface area contributed by atoms with E-state index in [4.69, 9.17) is 5.73 Å². The summed E-state index contributed by atoms with van der Waals surface area (Å²) in [7, 11) is 0. The third-order valence-electron chi connectivity index (χ3n) is 3.71. The van der Waals surface area contributed by atoms with Crippen molar-refractivity contribution in [3.63, 3.8) is 0 Å². The molecule has 4 heteroatoms. The topological polar surface area (TPSA) is 75.4 Å². The molecule has 2 rings (SSSR count). The number of benzene rings is 1. The third-order valence-corrected chi connectivity index (χ3v) is 3.71. The van der Waals surface area contributed by atoms with Crippen molar-refractivity contribution in [2.75, 3.05) is 0 Å². The lowest BCUT2D eigenvalue weighted by atomic mass is 10.1. The molecular weight excluding hydrogens is 240 g/mol. The van der Waals surface area contributed by atoms with Crippen LogP contribution in [0.2, 0.25) is 0 Å². The third kappa shape index (κ3) is 3.14. The molecule has 3 atom stereocenters. The van der Waals surface area contributed by atoms with Crippen LogP contribution < -0.4 is 11.1 Å². The second kappa shape index (κ2) is 6.17. The highest BCUT2D eigenvalue weighted by atomic mass is 16.3. The van der Waals surface area contributed by atoms with Gasteiger partial charge in [0.15, 0.2) is 0 Å². The summed E-state index contributed by atoms with van der Waals surface area (Å²) >= 11 is 0. The van der Waals surface area contributed by atoms with Crippen LogP contribution in [0.5, 0.6) is 0 Å². The van der Waals surface area contributed by atoms with Crippen molar-refractivity contribution in [2.45, 2.75) is 50.8 Å². The van der Waals surface area contributed by atoms with Gasteiger partial charge in [-0.15, -0.1) is 0 Å². The van der Waals surface area contributed by atoms with E-state index in [1.165, 1.54) is 0 Å². The number of aliphatic hydroxyl groups is 1. The molecule has 1 unspecified atom stereocenters. The number of rotatable bonds is 5. The Morgan fingerprint density at radius 3 is 3.00 bits per heavy atom. The average Bonchev–Trinajstić information content (AvgIpc) is 2.72. The second-order valence-electron chi connectivity index (χ2n) is 5.21. The quantitative estimate of drug-likeness (QED) is 0.748. The molecule has 0 heterocycles. The van der Waals surface area contributed by atoms with Crippen LogP contribution in [0.1, 0.15) is 43.4 Å². The van der Waals surface area contributed by atoms with Crippen LogP contribution in [0.15, 0.2) is 24.3 Å². The molecule has 0 fully saturated rings. The zero-order valence-corrected chi connectivity index (χ0v) is 11.3. The van der Waals surface area contributed by atoms with Gasteiger partial charge in [0.05, 0.1) is 18.2 Å². The summed E-state index contributed by atoms with van der Waals surface area (Å²) in [5, 5.41) is 12.9. The minimum absolute atomic E-state index is 0.172. The molecule has 0 radical (unpaired) electrons. The number of nitrogens with one attached hydrogen (secondary N) is 1. The van der Waals surface area contributed by atoms with E-state index < -0.39 is 12.1 Å². The van der Waals surface area contributed by atoms with Crippen molar-refractivity contribution in [2.24, 2.45) is 5.73 Å². The highest BCUT2D eigenvalue weighted by molar-refractivity contribution is 5.82. The van der Waals surface area contributed by atoms with Gasteiger partial charge < -0.3 is 16.2 Å². The second-order valence-corrected chi connectivity index (χ2v) is 5.21. The van der Waals surface area contributed by atoms with Gasteiger partial charge in [-0.3, -0.25) is 4.79 Å². The number of unbranched alkanes of at least 4 members (excludes halogenated alkanes) is 1. The zero-order chi connectivity index (χ0) is 13.8. The van der Waals surface area contributed by atoms with Crippen LogP contribution in [-0.2, 0) is 11.2 Å². The number of carbonyl (C=O) groups is 1. The maximum Gasteiger partial charge on any atom is 0.237 e. The predicted molar refractivity (Wildman–Crippen MR) is 74.5 cm³/mol. The smallest absolute Gasteiger partial charge is 0.237 e. The summed E-state index contributed by atoms with van der Waals surface area (Å²) in [4.78, 5) is 12.0. The van der Waals surface area contributed by atoms with Gasteiger partial charge in [-0.1, -0.05) is 44.0 Å². The molecule has 1 amide bonds. The Balaban J connectivity index is 2.01. The first-order valence-electron chi connectivity index (χ1n) is 6.95. The van der Waals surface area contributed by atoms with Crippen molar-refractivity contribution < 1.29 is 9.90 Å². The standard InChI is InChI=1S/C15H22N2O2/c1-2-3-8-12(16)15(19)17-14-11-7-5-4-6-10(11)9-13(14)18/h4-7,12-14,18H,2-3,8-9,16H2,1H3,(H,17,19)/t12?,13-,14+/m1/s1. The number of hydrogen-bond donors (Lipinski definition) is 3. The van der Waals surface area contributed by atoms with E-state index in [2.05, 4.69) is 12.2 Å². The molecule has 4 N–H and O–H groups in total. The average molecular weight is 262 g/mol. The molecule has 0 saturated heterocycles. The van der Waals surface area contributed by atoms with Gasteiger partial charge in [0.25, 0.3) is 0 Å². The van der Waals surface area contributed by atoms with Crippen molar-refractivity contribution in [1.29, 1.82) is 0 Å². The number of amides is 1. The minimum atomic E-state index is -0.556. The molecule has 0 spiro atoms. The summed E-state index contributed by atoms with van der Waals surface area (Å²) in [6.45, 7) is 2.07. The first kappa shape index (κ1) is 14.0. The van der Waals surface area contributed by atoms with Crippen LogP contribution in [0, 0.1) is 0 Å². The number of nitrogens with two attached hydrogens (primary N) is 1. The molecule has 0 aliphatic heterocycles. The lowest BCUT2D eigenvalue weighted by molar-refractivity contribution is -0.124. The number of aliphatic hydroxyl groups excluding tert-OH is 1. The SMILES string of the molecule is CCCCC(N)C(=O)N[C@H]1c2ccccc2C[C@H]1O. The van der Waals surface area contributed by atoms with Crippen molar-refractivity contribution in [3.8, 4) is 0 Å². The molecule has 1 aromatic rings. The molecule has 19 heavy (non-hydrogen) atoms. The molecule has 1 aliphatic rings. The van der Waals surface area contributed by atoms with E-state index in [0.29, 0.717) is 12.8 Å². The van der Waals surface area contributed by atoms with E-state index in [1.54, 1.807) is 0 Å². The maximum atomic E-state index is 12.0. The Morgan fingerprint density at radius 2 is 2.26 bits per heavy atom. The molecule has 0 saturated carbocycles. The normalized spacial score (nSPS) is 22.9.